The third-order valence-electron chi connectivity index (χ3n) is 2.46. The summed E-state index contributed by atoms with van der Waals surface area (Å²) in [7, 11) is 0. The molecule has 1 aromatic carbocycles. The van der Waals surface area contributed by atoms with E-state index in [-0.39, 0.29) is 0 Å². The standard InChI is InChI=1S/C15H16S/c1-12(2)15-11-10-14(16-15)9-8-13-6-4-3-5-7-13/h3-12H,1-2H3/b9-8+. The topological polar surface area (TPSA) is 0 Å². The van der Waals surface area contributed by atoms with Crippen LogP contribution >= 0.6 is 11.3 Å². The molecule has 0 N–H and O–H groups in total. The fraction of sp³-hybridized carbons (Fsp3) is 0.200. The summed E-state index contributed by atoms with van der Waals surface area (Å²) in [6.07, 6.45) is 4.35. The zero-order chi connectivity index (χ0) is 11.4. The maximum absolute atomic E-state index is 2.23. The Balaban J connectivity index is 2.12. The summed E-state index contributed by atoms with van der Waals surface area (Å²) >= 11 is 1.87. The number of rotatable bonds is 3. The zero-order valence-electron chi connectivity index (χ0n) is 9.68. The van der Waals surface area contributed by atoms with E-state index in [1.54, 1.807) is 0 Å². The zero-order valence-corrected chi connectivity index (χ0v) is 10.5. The molecule has 0 atom stereocenters. The van der Waals surface area contributed by atoms with Crippen molar-refractivity contribution in [1.82, 2.24) is 0 Å². The molecule has 0 aliphatic rings. The number of benzene rings is 1. The van der Waals surface area contributed by atoms with Gasteiger partial charge in [-0.15, -0.1) is 11.3 Å². The highest BCUT2D eigenvalue weighted by Gasteiger charge is 2.01. The second-order valence-corrected chi connectivity index (χ2v) is 5.29. The van der Waals surface area contributed by atoms with E-state index in [9.17, 15) is 0 Å². The van der Waals surface area contributed by atoms with Crippen molar-refractivity contribution < 1.29 is 0 Å². The summed E-state index contributed by atoms with van der Waals surface area (Å²) in [5, 5.41) is 0. The van der Waals surface area contributed by atoms with Gasteiger partial charge < -0.3 is 0 Å². The second-order valence-electron chi connectivity index (χ2n) is 4.14. The molecular formula is C15H16S. The fourth-order valence-electron chi connectivity index (χ4n) is 1.51. The van der Waals surface area contributed by atoms with Crippen LogP contribution in [0.1, 0.15) is 35.1 Å². The van der Waals surface area contributed by atoms with E-state index in [2.05, 4.69) is 62.4 Å². The van der Waals surface area contributed by atoms with Crippen molar-refractivity contribution in [1.29, 1.82) is 0 Å². The van der Waals surface area contributed by atoms with Gasteiger partial charge in [-0.25, -0.2) is 0 Å². The van der Waals surface area contributed by atoms with Crippen LogP contribution in [-0.2, 0) is 0 Å². The Kier molecular flexibility index (Phi) is 3.58. The predicted molar refractivity (Wildman–Crippen MR) is 73.8 cm³/mol. The van der Waals surface area contributed by atoms with E-state index >= 15 is 0 Å². The molecule has 1 heteroatoms. The highest BCUT2D eigenvalue weighted by Crippen LogP contribution is 2.25. The molecular weight excluding hydrogens is 212 g/mol. The van der Waals surface area contributed by atoms with Gasteiger partial charge in [-0.2, -0.15) is 0 Å². The predicted octanol–water partition coefficient (Wildman–Crippen LogP) is 5.04. The van der Waals surface area contributed by atoms with E-state index in [1.165, 1.54) is 15.3 Å². The molecule has 0 aliphatic carbocycles. The Morgan fingerprint density at radius 2 is 1.69 bits per heavy atom. The van der Waals surface area contributed by atoms with Crippen LogP contribution in [0.4, 0.5) is 0 Å². The van der Waals surface area contributed by atoms with Gasteiger partial charge in [0.1, 0.15) is 0 Å². The first-order valence-electron chi connectivity index (χ1n) is 5.58. The van der Waals surface area contributed by atoms with Crippen molar-refractivity contribution in [3.63, 3.8) is 0 Å². The Bertz CT molecular complexity index is 463. The molecule has 0 fully saturated rings. The van der Waals surface area contributed by atoms with Crippen LogP contribution in [0.15, 0.2) is 42.5 Å². The summed E-state index contributed by atoms with van der Waals surface area (Å²) in [5.74, 6) is 0.629. The molecule has 0 saturated carbocycles. The molecule has 0 aliphatic heterocycles. The van der Waals surface area contributed by atoms with Crippen molar-refractivity contribution in [2.75, 3.05) is 0 Å². The highest BCUT2D eigenvalue weighted by atomic mass is 32.1. The van der Waals surface area contributed by atoms with Gasteiger partial charge in [-0.05, 0) is 29.7 Å². The van der Waals surface area contributed by atoms with Gasteiger partial charge >= 0.3 is 0 Å². The number of thiophene rings is 1. The van der Waals surface area contributed by atoms with Crippen LogP contribution in [0, 0.1) is 0 Å². The van der Waals surface area contributed by atoms with E-state index in [0.29, 0.717) is 5.92 Å². The van der Waals surface area contributed by atoms with Gasteiger partial charge in [0.05, 0.1) is 0 Å². The van der Waals surface area contributed by atoms with Crippen LogP contribution < -0.4 is 0 Å². The van der Waals surface area contributed by atoms with Crippen LogP contribution in [-0.4, -0.2) is 0 Å². The number of hydrogen-bond donors (Lipinski definition) is 0. The Labute approximate surface area is 101 Å². The highest BCUT2D eigenvalue weighted by molar-refractivity contribution is 7.13. The fourth-order valence-corrected chi connectivity index (χ4v) is 2.43. The lowest BCUT2D eigenvalue weighted by Gasteiger charge is -1.96. The van der Waals surface area contributed by atoms with E-state index in [1.807, 2.05) is 17.4 Å². The van der Waals surface area contributed by atoms with E-state index < -0.39 is 0 Å². The lowest BCUT2D eigenvalue weighted by atomic mass is 10.2. The minimum atomic E-state index is 0.629. The SMILES string of the molecule is CC(C)c1ccc(/C=C/c2ccccc2)s1. The Morgan fingerprint density at radius 3 is 2.31 bits per heavy atom. The smallest absolute Gasteiger partial charge is 0.0273 e. The second kappa shape index (κ2) is 5.13. The summed E-state index contributed by atoms with van der Waals surface area (Å²) in [6.45, 7) is 4.47. The van der Waals surface area contributed by atoms with Crippen LogP contribution in [0.25, 0.3) is 12.2 Å². The molecule has 0 amide bonds. The molecule has 2 aromatic rings. The summed E-state index contributed by atoms with van der Waals surface area (Å²) in [4.78, 5) is 2.78. The number of hydrogen-bond acceptors (Lipinski definition) is 1. The molecule has 0 saturated heterocycles. The first-order valence-corrected chi connectivity index (χ1v) is 6.40. The first kappa shape index (κ1) is 11.2. The molecule has 0 unspecified atom stereocenters. The van der Waals surface area contributed by atoms with Gasteiger partial charge in [-0.1, -0.05) is 50.3 Å². The Hall–Kier alpha value is -1.34. The van der Waals surface area contributed by atoms with Crippen molar-refractivity contribution >= 4 is 23.5 Å². The van der Waals surface area contributed by atoms with E-state index in [4.69, 9.17) is 0 Å². The van der Waals surface area contributed by atoms with Gasteiger partial charge in [0.25, 0.3) is 0 Å². The van der Waals surface area contributed by atoms with Gasteiger partial charge in [0.2, 0.25) is 0 Å². The first-order chi connectivity index (χ1) is 7.75. The summed E-state index contributed by atoms with van der Waals surface area (Å²) in [6, 6.07) is 14.8. The normalized spacial score (nSPS) is 11.4. The Morgan fingerprint density at radius 1 is 0.938 bits per heavy atom. The van der Waals surface area contributed by atoms with Gasteiger partial charge in [0, 0.05) is 9.75 Å². The van der Waals surface area contributed by atoms with Gasteiger partial charge in [-0.3, -0.25) is 0 Å². The van der Waals surface area contributed by atoms with Crippen LogP contribution in [0.2, 0.25) is 0 Å². The molecule has 1 aromatic heterocycles. The maximum atomic E-state index is 2.23. The van der Waals surface area contributed by atoms with Crippen molar-refractivity contribution in [3.8, 4) is 0 Å². The van der Waals surface area contributed by atoms with E-state index in [0.717, 1.165) is 0 Å². The molecule has 2 rings (SSSR count). The minimum absolute atomic E-state index is 0.629. The third kappa shape index (κ3) is 2.83. The average Bonchev–Trinajstić information content (AvgIpc) is 2.76. The lowest BCUT2D eigenvalue weighted by Crippen LogP contribution is -1.77. The van der Waals surface area contributed by atoms with Crippen molar-refractivity contribution in [3.05, 3.63) is 57.8 Å². The molecule has 0 bridgehead atoms. The molecule has 0 nitrogen and oxygen atoms in total. The van der Waals surface area contributed by atoms with Crippen molar-refractivity contribution in [2.45, 2.75) is 19.8 Å². The summed E-state index contributed by atoms with van der Waals surface area (Å²) in [5.41, 5.74) is 1.25. The van der Waals surface area contributed by atoms with Crippen molar-refractivity contribution in [2.24, 2.45) is 0 Å². The maximum Gasteiger partial charge on any atom is 0.0273 e. The molecule has 16 heavy (non-hydrogen) atoms. The minimum Gasteiger partial charge on any atom is -0.141 e. The summed E-state index contributed by atoms with van der Waals surface area (Å²) < 4.78 is 0. The van der Waals surface area contributed by atoms with Crippen LogP contribution in [0.5, 0.6) is 0 Å². The molecule has 0 spiro atoms. The monoisotopic (exact) mass is 228 g/mol. The molecule has 0 radical (unpaired) electrons. The lowest BCUT2D eigenvalue weighted by molar-refractivity contribution is 0.890. The molecule has 82 valence electrons. The van der Waals surface area contributed by atoms with Gasteiger partial charge in [0.15, 0.2) is 0 Å². The third-order valence-corrected chi connectivity index (χ3v) is 3.81. The van der Waals surface area contributed by atoms with Crippen LogP contribution in [0.3, 0.4) is 0 Å². The average molecular weight is 228 g/mol. The quantitative estimate of drug-likeness (QED) is 0.690. The molecule has 1 heterocycles. The largest absolute Gasteiger partial charge is 0.141 e.